The normalized spacial score (nSPS) is 10.4. The Morgan fingerprint density at radius 2 is 2.00 bits per heavy atom. The van der Waals surface area contributed by atoms with E-state index in [0.717, 1.165) is 11.3 Å². The largest absolute Gasteiger partial charge is 0.492 e. The van der Waals surface area contributed by atoms with Gasteiger partial charge in [0.15, 0.2) is 0 Å². The van der Waals surface area contributed by atoms with Crippen LogP contribution in [0.4, 0.5) is 4.39 Å². The maximum atomic E-state index is 13.5. The second-order valence-electron chi connectivity index (χ2n) is 5.20. The molecule has 0 heterocycles. The van der Waals surface area contributed by atoms with Crippen LogP contribution in [0.1, 0.15) is 5.56 Å². The van der Waals surface area contributed by atoms with E-state index in [4.69, 9.17) is 4.74 Å². The van der Waals surface area contributed by atoms with E-state index < -0.39 is 0 Å². The van der Waals surface area contributed by atoms with Crippen molar-refractivity contribution in [3.05, 3.63) is 59.9 Å². The van der Waals surface area contributed by atoms with Crippen LogP contribution < -0.4 is 4.74 Å². The van der Waals surface area contributed by atoms with Gasteiger partial charge in [-0.25, -0.2) is 4.39 Å². The van der Waals surface area contributed by atoms with Crippen molar-refractivity contribution >= 4 is 17.7 Å². The number of ether oxygens (including phenoxy) is 1. The highest BCUT2D eigenvalue weighted by Gasteiger charge is 2.11. The average molecular weight is 333 g/mol. The Kier molecular flexibility index (Phi) is 6.47. The molecule has 0 saturated heterocycles. The summed E-state index contributed by atoms with van der Waals surface area (Å²) in [6, 6.07) is 14.2. The quantitative estimate of drug-likeness (QED) is 0.723. The first-order valence-electron chi connectivity index (χ1n) is 7.37. The molecule has 0 fully saturated rings. The van der Waals surface area contributed by atoms with E-state index in [1.54, 1.807) is 30.1 Å². The molecular formula is C18H20FNO2S. The molecule has 2 aromatic carbocycles. The molecular weight excluding hydrogens is 313 g/mol. The Balaban J connectivity index is 1.73. The zero-order valence-corrected chi connectivity index (χ0v) is 14.1. The first kappa shape index (κ1) is 17.3. The SMILES string of the molecule is Cc1cccc(OCCN(C)C(=O)CSc2ccccc2F)c1. The monoisotopic (exact) mass is 333 g/mol. The summed E-state index contributed by atoms with van der Waals surface area (Å²) in [7, 11) is 1.73. The number of aryl methyl sites for hydroxylation is 1. The molecule has 0 unspecified atom stereocenters. The van der Waals surface area contributed by atoms with Crippen LogP contribution in [0.2, 0.25) is 0 Å². The fourth-order valence-electron chi connectivity index (χ4n) is 1.94. The van der Waals surface area contributed by atoms with Crippen molar-refractivity contribution in [2.24, 2.45) is 0 Å². The van der Waals surface area contributed by atoms with Crippen molar-refractivity contribution in [2.75, 3.05) is 26.0 Å². The molecule has 0 saturated carbocycles. The molecule has 5 heteroatoms. The van der Waals surface area contributed by atoms with Gasteiger partial charge in [0.25, 0.3) is 0 Å². The Labute approximate surface area is 140 Å². The predicted molar refractivity (Wildman–Crippen MR) is 91.4 cm³/mol. The van der Waals surface area contributed by atoms with Gasteiger partial charge in [-0.2, -0.15) is 0 Å². The predicted octanol–water partition coefficient (Wildman–Crippen LogP) is 3.76. The molecule has 0 aromatic heterocycles. The van der Waals surface area contributed by atoms with Crippen molar-refractivity contribution in [3.63, 3.8) is 0 Å². The van der Waals surface area contributed by atoms with Crippen LogP contribution in [0.25, 0.3) is 0 Å². The lowest BCUT2D eigenvalue weighted by molar-refractivity contribution is -0.127. The molecule has 2 aromatic rings. The molecule has 0 bridgehead atoms. The van der Waals surface area contributed by atoms with Gasteiger partial charge in [0, 0.05) is 11.9 Å². The number of rotatable bonds is 7. The minimum atomic E-state index is -0.296. The third-order valence-electron chi connectivity index (χ3n) is 3.30. The van der Waals surface area contributed by atoms with Gasteiger partial charge in [-0.1, -0.05) is 24.3 Å². The van der Waals surface area contributed by atoms with Gasteiger partial charge >= 0.3 is 0 Å². The number of hydrogen-bond acceptors (Lipinski definition) is 3. The molecule has 3 nitrogen and oxygen atoms in total. The van der Waals surface area contributed by atoms with Gasteiger partial charge in [0.05, 0.1) is 12.3 Å². The van der Waals surface area contributed by atoms with Crippen molar-refractivity contribution in [2.45, 2.75) is 11.8 Å². The summed E-state index contributed by atoms with van der Waals surface area (Å²) < 4.78 is 19.1. The van der Waals surface area contributed by atoms with Crippen LogP contribution in [-0.2, 0) is 4.79 Å². The van der Waals surface area contributed by atoms with Crippen molar-refractivity contribution in [1.29, 1.82) is 0 Å². The molecule has 23 heavy (non-hydrogen) atoms. The highest BCUT2D eigenvalue weighted by atomic mass is 32.2. The molecule has 0 spiro atoms. The Morgan fingerprint density at radius 3 is 2.74 bits per heavy atom. The number of thioether (sulfide) groups is 1. The van der Waals surface area contributed by atoms with Crippen LogP contribution in [-0.4, -0.2) is 36.8 Å². The van der Waals surface area contributed by atoms with Gasteiger partial charge in [-0.05, 0) is 36.8 Å². The van der Waals surface area contributed by atoms with Crippen LogP contribution in [0.3, 0.4) is 0 Å². The van der Waals surface area contributed by atoms with Crippen molar-refractivity contribution < 1.29 is 13.9 Å². The average Bonchev–Trinajstić information content (AvgIpc) is 2.54. The van der Waals surface area contributed by atoms with Gasteiger partial charge in [-0.3, -0.25) is 4.79 Å². The lowest BCUT2D eigenvalue weighted by Crippen LogP contribution is -2.32. The fraction of sp³-hybridized carbons (Fsp3) is 0.278. The van der Waals surface area contributed by atoms with Crippen LogP contribution in [0.5, 0.6) is 5.75 Å². The van der Waals surface area contributed by atoms with Gasteiger partial charge in [0.2, 0.25) is 5.91 Å². The molecule has 1 amide bonds. The maximum absolute atomic E-state index is 13.5. The third-order valence-corrected chi connectivity index (χ3v) is 4.33. The summed E-state index contributed by atoms with van der Waals surface area (Å²) in [5.74, 6) is 0.662. The Morgan fingerprint density at radius 1 is 1.22 bits per heavy atom. The molecule has 0 aliphatic carbocycles. The lowest BCUT2D eigenvalue weighted by Gasteiger charge is -2.17. The minimum Gasteiger partial charge on any atom is -0.492 e. The number of hydrogen-bond donors (Lipinski definition) is 0. The topological polar surface area (TPSA) is 29.5 Å². The second-order valence-corrected chi connectivity index (χ2v) is 6.22. The van der Waals surface area contributed by atoms with Crippen molar-refractivity contribution in [3.8, 4) is 5.75 Å². The van der Waals surface area contributed by atoms with E-state index in [1.165, 1.54) is 17.8 Å². The zero-order chi connectivity index (χ0) is 16.7. The summed E-state index contributed by atoms with van der Waals surface area (Å²) in [5, 5.41) is 0. The summed E-state index contributed by atoms with van der Waals surface area (Å²) >= 11 is 1.21. The molecule has 2 rings (SSSR count). The second kappa shape index (κ2) is 8.58. The lowest BCUT2D eigenvalue weighted by atomic mass is 10.2. The fourth-order valence-corrected chi connectivity index (χ4v) is 2.82. The number of nitrogens with zero attached hydrogens (tertiary/aromatic N) is 1. The number of carbonyl (C=O) groups is 1. The number of likely N-dealkylation sites (N-methyl/N-ethyl adjacent to an activating group) is 1. The van der Waals surface area contributed by atoms with Crippen molar-refractivity contribution in [1.82, 2.24) is 4.90 Å². The Hall–Kier alpha value is -2.01. The van der Waals surface area contributed by atoms with Gasteiger partial charge < -0.3 is 9.64 Å². The first-order valence-corrected chi connectivity index (χ1v) is 8.35. The third kappa shape index (κ3) is 5.60. The molecule has 0 radical (unpaired) electrons. The summed E-state index contributed by atoms with van der Waals surface area (Å²) in [6.07, 6.45) is 0. The summed E-state index contributed by atoms with van der Waals surface area (Å²) in [6.45, 7) is 2.92. The maximum Gasteiger partial charge on any atom is 0.232 e. The van der Waals surface area contributed by atoms with E-state index >= 15 is 0 Å². The summed E-state index contributed by atoms with van der Waals surface area (Å²) in [4.78, 5) is 14.1. The zero-order valence-electron chi connectivity index (χ0n) is 13.3. The number of benzene rings is 2. The first-order chi connectivity index (χ1) is 11.1. The van der Waals surface area contributed by atoms with Crippen LogP contribution in [0, 0.1) is 12.7 Å². The number of amides is 1. The molecule has 0 atom stereocenters. The van der Waals surface area contributed by atoms with E-state index in [2.05, 4.69) is 0 Å². The van der Waals surface area contributed by atoms with Gasteiger partial charge in [0.1, 0.15) is 18.2 Å². The highest BCUT2D eigenvalue weighted by molar-refractivity contribution is 8.00. The molecule has 0 aliphatic heterocycles. The van der Waals surface area contributed by atoms with Crippen LogP contribution in [0.15, 0.2) is 53.4 Å². The summed E-state index contributed by atoms with van der Waals surface area (Å²) in [5.41, 5.74) is 1.13. The molecule has 122 valence electrons. The number of halogens is 1. The standard InChI is InChI=1S/C18H20FNO2S/c1-14-6-5-7-15(12-14)22-11-10-20(2)18(21)13-23-17-9-4-3-8-16(17)19/h3-9,12H,10-11,13H2,1-2H3. The highest BCUT2D eigenvalue weighted by Crippen LogP contribution is 2.21. The minimum absolute atomic E-state index is 0.0499. The van der Waals surface area contributed by atoms with Crippen LogP contribution >= 0.6 is 11.8 Å². The smallest absolute Gasteiger partial charge is 0.232 e. The van der Waals surface area contributed by atoms with E-state index in [1.807, 2.05) is 31.2 Å². The van der Waals surface area contributed by atoms with Gasteiger partial charge in [-0.15, -0.1) is 11.8 Å². The molecule has 0 aliphatic rings. The Bertz CT molecular complexity index is 663. The van der Waals surface area contributed by atoms with E-state index in [-0.39, 0.29) is 17.5 Å². The molecule has 0 N–H and O–H groups in total. The number of carbonyl (C=O) groups excluding carboxylic acids is 1. The van der Waals surface area contributed by atoms with E-state index in [0.29, 0.717) is 18.0 Å². The van der Waals surface area contributed by atoms with E-state index in [9.17, 15) is 9.18 Å².